The van der Waals surface area contributed by atoms with Crippen molar-refractivity contribution in [3.05, 3.63) is 97.6 Å². The van der Waals surface area contributed by atoms with E-state index in [1.54, 1.807) is 12.5 Å². The molecule has 0 bridgehead atoms. The van der Waals surface area contributed by atoms with Crippen molar-refractivity contribution in [1.29, 1.82) is 0 Å². The Labute approximate surface area is 183 Å². The molecule has 32 heavy (non-hydrogen) atoms. The summed E-state index contributed by atoms with van der Waals surface area (Å²) in [5.74, 6) is 0.844. The largest absolute Gasteiger partial charge is 0.380 e. The third-order valence-electron chi connectivity index (χ3n) is 5.55. The SMILES string of the molecule is c1cnc2ccc(-c3c[nH]c4nccc(NCc5ccc(-n6ccnc6)nc5)c34)cc2c1. The van der Waals surface area contributed by atoms with Gasteiger partial charge in [0.2, 0.25) is 0 Å². The molecule has 6 rings (SSSR count). The molecule has 5 aromatic heterocycles. The molecule has 7 nitrogen and oxygen atoms in total. The molecule has 1 aromatic carbocycles. The molecule has 2 N–H and O–H groups in total. The smallest absolute Gasteiger partial charge is 0.139 e. The van der Waals surface area contributed by atoms with Crippen molar-refractivity contribution in [3.63, 3.8) is 0 Å². The fraction of sp³-hybridized carbons (Fsp3) is 0.0400. The van der Waals surface area contributed by atoms with Crippen LogP contribution in [0.2, 0.25) is 0 Å². The average Bonchev–Trinajstić information content (AvgIpc) is 3.53. The summed E-state index contributed by atoms with van der Waals surface area (Å²) in [7, 11) is 0. The highest BCUT2D eigenvalue weighted by Gasteiger charge is 2.12. The second-order valence-corrected chi connectivity index (χ2v) is 7.54. The van der Waals surface area contributed by atoms with E-state index in [-0.39, 0.29) is 0 Å². The topological polar surface area (TPSA) is 84.3 Å². The Morgan fingerprint density at radius 3 is 2.81 bits per heavy atom. The van der Waals surface area contributed by atoms with Gasteiger partial charge < -0.3 is 10.3 Å². The molecular formula is C25H19N7. The molecule has 0 spiro atoms. The van der Waals surface area contributed by atoms with Crippen LogP contribution in [-0.2, 0) is 6.54 Å². The van der Waals surface area contributed by atoms with Crippen molar-refractivity contribution in [3.8, 4) is 16.9 Å². The van der Waals surface area contributed by atoms with Gasteiger partial charge >= 0.3 is 0 Å². The van der Waals surface area contributed by atoms with Gasteiger partial charge in [0.05, 0.1) is 5.52 Å². The average molecular weight is 417 g/mol. The first kappa shape index (κ1) is 18.3. The van der Waals surface area contributed by atoms with Gasteiger partial charge in [-0.25, -0.2) is 15.0 Å². The molecule has 5 heterocycles. The maximum atomic E-state index is 4.54. The third kappa shape index (κ3) is 3.26. The first-order valence-electron chi connectivity index (χ1n) is 10.3. The highest BCUT2D eigenvalue weighted by atomic mass is 15.1. The van der Waals surface area contributed by atoms with E-state index in [9.17, 15) is 0 Å². The van der Waals surface area contributed by atoms with Crippen LogP contribution in [0.3, 0.4) is 0 Å². The van der Waals surface area contributed by atoms with Crippen LogP contribution in [0.15, 0.2) is 92.0 Å². The first-order chi connectivity index (χ1) is 15.8. The Hall–Kier alpha value is -4.52. The Bertz CT molecular complexity index is 1520. The monoisotopic (exact) mass is 417 g/mol. The zero-order valence-electron chi connectivity index (χ0n) is 17.1. The van der Waals surface area contributed by atoms with Crippen LogP contribution in [0.5, 0.6) is 0 Å². The van der Waals surface area contributed by atoms with Gasteiger partial charge in [0, 0.05) is 65.7 Å². The number of nitrogens with one attached hydrogen (secondary N) is 2. The Kier molecular flexibility index (Phi) is 4.35. The van der Waals surface area contributed by atoms with Crippen molar-refractivity contribution in [1.82, 2.24) is 29.5 Å². The second-order valence-electron chi connectivity index (χ2n) is 7.54. The maximum Gasteiger partial charge on any atom is 0.139 e. The van der Waals surface area contributed by atoms with Crippen LogP contribution in [0.1, 0.15) is 5.56 Å². The fourth-order valence-corrected chi connectivity index (χ4v) is 3.94. The summed E-state index contributed by atoms with van der Waals surface area (Å²) in [5, 5.41) is 5.74. The lowest BCUT2D eigenvalue weighted by molar-refractivity contribution is 0.979. The van der Waals surface area contributed by atoms with Gasteiger partial charge in [-0.3, -0.25) is 9.55 Å². The van der Waals surface area contributed by atoms with Crippen LogP contribution in [0.25, 0.3) is 38.9 Å². The quantitative estimate of drug-likeness (QED) is 0.414. The summed E-state index contributed by atoms with van der Waals surface area (Å²) < 4.78 is 1.88. The highest BCUT2D eigenvalue weighted by Crippen LogP contribution is 2.34. The lowest BCUT2D eigenvalue weighted by Crippen LogP contribution is -2.02. The van der Waals surface area contributed by atoms with Crippen LogP contribution in [-0.4, -0.2) is 29.5 Å². The molecule has 6 aromatic rings. The van der Waals surface area contributed by atoms with E-state index in [4.69, 9.17) is 0 Å². The molecule has 0 aliphatic rings. The van der Waals surface area contributed by atoms with Crippen molar-refractivity contribution >= 4 is 27.6 Å². The molecule has 0 fully saturated rings. The molecule has 0 saturated heterocycles. The molecule has 0 saturated carbocycles. The van der Waals surface area contributed by atoms with Gasteiger partial charge in [-0.15, -0.1) is 0 Å². The van der Waals surface area contributed by atoms with Crippen molar-refractivity contribution in [2.24, 2.45) is 0 Å². The number of aromatic nitrogens is 6. The molecule has 7 heteroatoms. The number of rotatable bonds is 5. The summed E-state index contributed by atoms with van der Waals surface area (Å²) in [4.78, 5) is 20.9. The Morgan fingerprint density at radius 1 is 0.938 bits per heavy atom. The number of hydrogen-bond donors (Lipinski definition) is 2. The van der Waals surface area contributed by atoms with Crippen LogP contribution in [0, 0.1) is 0 Å². The van der Waals surface area contributed by atoms with E-state index in [1.165, 1.54) is 0 Å². The second kappa shape index (κ2) is 7.63. The van der Waals surface area contributed by atoms with Crippen molar-refractivity contribution < 1.29 is 0 Å². The number of aromatic amines is 1. The number of fused-ring (bicyclic) bond motifs is 2. The van der Waals surface area contributed by atoms with E-state index in [0.717, 1.165) is 50.1 Å². The summed E-state index contributed by atoms with van der Waals surface area (Å²) in [6, 6.07) is 16.4. The number of anilines is 1. The lowest BCUT2D eigenvalue weighted by Gasteiger charge is -2.10. The van der Waals surface area contributed by atoms with Gasteiger partial charge in [-0.2, -0.15) is 0 Å². The van der Waals surface area contributed by atoms with Crippen molar-refractivity contribution in [2.45, 2.75) is 6.54 Å². The van der Waals surface area contributed by atoms with Crippen LogP contribution in [0.4, 0.5) is 5.69 Å². The highest BCUT2D eigenvalue weighted by molar-refractivity contribution is 6.03. The number of benzene rings is 1. The number of hydrogen-bond acceptors (Lipinski definition) is 5. The number of pyridine rings is 3. The van der Waals surface area contributed by atoms with Crippen LogP contribution < -0.4 is 5.32 Å². The fourth-order valence-electron chi connectivity index (χ4n) is 3.94. The minimum Gasteiger partial charge on any atom is -0.380 e. The molecule has 0 unspecified atom stereocenters. The van der Waals surface area contributed by atoms with Gasteiger partial charge in [0.15, 0.2) is 0 Å². The molecule has 0 amide bonds. The Balaban J connectivity index is 1.31. The standard InChI is InChI=1S/C25H19N7/c1-2-19-12-18(4-5-21(19)27-8-1)20-15-31-25-24(20)22(7-9-28-25)29-13-17-3-6-23(30-14-17)32-11-10-26-16-32/h1-12,14-16H,13H2,(H2,28,29,31). The molecular weight excluding hydrogens is 398 g/mol. The molecule has 0 aliphatic carbocycles. The minimum atomic E-state index is 0.655. The molecule has 0 aliphatic heterocycles. The van der Waals surface area contributed by atoms with Gasteiger partial charge in [-0.05, 0) is 41.5 Å². The number of imidazole rings is 1. The molecule has 154 valence electrons. The predicted molar refractivity (Wildman–Crippen MR) is 126 cm³/mol. The lowest BCUT2D eigenvalue weighted by atomic mass is 10.0. The molecule has 0 atom stereocenters. The maximum absolute atomic E-state index is 4.54. The summed E-state index contributed by atoms with van der Waals surface area (Å²) >= 11 is 0. The summed E-state index contributed by atoms with van der Waals surface area (Å²) in [5.41, 5.74) is 6.18. The number of H-pyrrole nitrogens is 1. The van der Waals surface area contributed by atoms with E-state index >= 15 is 0 Å². The molecule has 0 radical (unpaired) electrons. The summed E-state index contributed by atoms with van der Waals surface area (Å²) in [6.07, 6.45) is 12.9. The first-order valence-corrected chi connectivity index (χ1v) is 10.3. The van der Waals surface area contributed by atoms with E-state index in [2.05, 4.69) is 60.6 Å². The minimum absolute atomic E-state index is 0.655. The van der Waals surface area contributed by atoms with Crippen LogP contribution >= 0.6 is 0 Å². The van der Waals surface area contributed by atoms with E-state index in [0.29, 0.717) is 6.54 Å². The van der Waals surface area contributed by atoms with Gasteiger partial charge in [0.25, 0.3) is 0 Å². The van der Waals surface area contributed by atoms with Gasteiger partial charge in [-0.1, -0.05) is 18.2 Å². The van der Waals surface area contributed by atoms with Crippen molar-refractivity contribution in [2.75, 3.05) is 5.32 Å². The normalized spacial score (nSPS) is 11.2. The van der Waals surface area contributed by atoms with E-state index in [1.807, 2.05) is 53.8 Å². The zero-order chi connectivity index (χ0) is 21.3. The van der Waals surface area contributed by atoms with Gasteiger partial charge in [0.1, 0.15) is 17.8 Å². The summed E-state index contributed by atoms with van der Waals surface area (Å²) in [6.45, 7) is 0.655. The Morgan fingerprint density at radius 2 is 1.94 bits per heavy atom. The zero-order valence-corrected chi connectivity index (χ0v) is 17.1. The van der Waals surface area contributed by atoms with E-state index < -0.39 is 0 Å². The predicted octanol–water partition coefficient (Wildman–Crippen LogP) is 4.97. The third-order valence-corrected chi connectivity index (χ3v) is 5.55. The number of nitrogens with zero attached hydrogens (tertiary/aromatic N) is 5.